The van der Waals surface area contributed by atoms with E-state index in [2.05, 4.69) is 10.6 Å². The van der Waals surface area contributed by atoms with Crippen molar-refractivity contribution < 1.29 is 22.7 Å². The smallest absolute Gasteiger partial charge is 0.418 e. The number of hydrogen-bond donors (Lipinski definition) is 2. The predicted octanol–water partition coefficient (Wildman–Crippen LogP) is 5.07. The maximum Gasteiger partial charge on any atom is 0.418 e. The Morgan fingerprint density at radius 3 is 2.48 bits per heavy atom. The Kier molecular flexibility index (Phi) is 6.02. The third-order valence-electron chi connectivity index (χ3n) is 3.17. The fraction of sp³-hybridized carbons (Fsp3) is 0.188. The third-order valence-corrected chi connectivity index (χ3v) is 3.70. The number of nitrogens with one attached hydrogen (secondary N) is 2. The Morgan fingerprint density at radius 1 is 1.16 bits per heavy atom. The molecular formula is C16H13Cl2F3N2O2. The minimum absolute atomic E-state index is 0.0728. The topological polar surface area (TPSA) is 50.4 Å². The molecule has 0 aliphatic rings. The first-order valence-electron chi connectivity index (χ1n) is 6.94. The maximum absolute atomic E-state index is 13.0. The fourth-order valence-electron chi connectivity index (χ4n) is 2.01. The highest BCUT2D eigenvalue weighted by molar-refractivity contribution is 6.32. The lowest BCUT2D eigenvalue weighted by Crippen LogP contribution is -2.23. The number of alkyl halides is 3. The molecule has 0 aliphatic carbocycles. The molecule has 4 nitrogen and oxygen atoms in total. The van der Waals surface area contributed by atoms with Crippen LogP contribution in [-0.4, -0.2) is 19.6 Å². The highest BCUT2D eigenvalue weighted by Gasteiger charge is 2.34. The molecule has 2 aromatic carbocycles. The van der Waals surface area contributed by atoms with Crippen LogP contribution < -0.4 is 15.4 Å². The van der Waals surface area contributed by atoms with Crippen molar-refractivity contribution in [3.8, 4) is 5.75 Å². The van der Waals surface area contributed by atoms with Gasteiger partial charge in [0.2, 0.25) is 5.91 Å². The molecule has 1 amide bonds. The van der Waals surface area contributed by atoms with Crippen LogP contribution in [0.5, 0.6) is 5.75 Å². The molecule has 0 aliphatic heterocycles. The van der Waals surface area contributed by atoms with Crippen molar-refractivity contribution in [2.24, 2.45) is 0 Å². The van der Waals surface area contributed by atoms with Gasteiger partial charge in [0.05, 0.1) is 29.9 Å². The zero-order valence-electron chi connectivity index (χ0n) is 12.9. The monoisotopic (exact) mass is 392 g/mol. The summed E-state index contributed by atoms with van der Waals surface area (Å²) >= 11 is 11.5. The molecular weight excluding hydrogens is 380 g/mol. The number of benzene rings is 2. The minimum Gasteiger partial charge on any atom is -0.495 e. The summed E-state index contributed by atoms with van der Waals surface area (Å²) in [5.41, 5.74) is -0.856. The molecule has 0 atom stereocenters. The van der Waals surface area contributed by atoms with Crippen molar-refractivity contribution in [2.75, 3.05) is 24.3 Å². The number of carbonyl (C=O) groups is 1. The summed E-state index contributed by atoms with van der Waals surface area (Å²) in [6, 6.07) is 7.90. The van der Waals surface area contributed by atoms with E-state index in [4.69, 9.17) is 27.9 Å². The molecule has 0 bridgehead atoms. The number of carbonyl (C=O) groups excluding carboxylic acids is 1. The number of hydrogen-bond acceptors (Lipinski definition) is 3. The van der Waals surface area contributed by atoms with Gasteiger partial charge in [-0.15, -0.1) is 0 Å². The molecule has 0 saturated carbocycles. The average Bonchev–Trinajstić information content (AvgIpc) is 2.54. The summed E-state index contributed by atoms with van der Waals surface area (Å²) in [7, 11) is 1.46. The van der Waals surface area contributed by atoms with Crippen LogP contribution in [0.3, 0.4) is 0 Å². The number of rotatable bonds is 5. The fourth-order valence-corrected chi connectivity index (χ4v) is 2.44. The number of ether oxygens (including phenoxy) is 1. The molecule has 0 radical (unpaired) electrons. The van der Waals surface area contributed by atoms with Gasteiger partial charge in [-0.25, -0.2) is 0 Å². The molecule has 0 saturated heterocycles. The van der Waals surface area contributed by atoms with E-state index in [1.165, 1.54) is 19.2 Å². The van der Waals surface area contributed by atoms with Crippen LogP contribution in [0.15, 0.2) is 36.4 Å². The Morgan fingerprint density at radius 2 is 1.88 bits per heavy atom. The van der Waals surface area contributed by atoms with Gasteiger partial charge >= 0.3 is 6.18 Å². The van der Waals surface area contributed by atoms with Crippen molar-refractivity contribution in [3.63, 3.8) is 0 Å². The van der Waals surface area contributed by atoms with E-state index in [0.717, 1.165) is 12.1 Å². The Labute approximate surface area is 151 Å². The van der Waals surface area contributed by atoms with Gasteiger partial charge in [-0.1, -0.05) is 23.2 Å². The van der Waals surface area contributed by atoms with E-state index in [1.807, 2.05) is 0 Å². The van der Waals surface area contributed by atoms with E-state index in [-0.39, 0.29) is 17.3 Å². The molecule has 2 aromatic rings. The first kappa shape index (κ1) is 19.2. The van der Waals surface area contributed by atoms with Crippen molar-refractivity contribution in [1.29, 1.82) is 0 Å². The van der Waals surface area contributed by atoms with Crippen LogP contribution in [0, 0.1) is 0 Å². The lowest BCUT2D eigenvalue weighted by molar-refractivity contribution is -0.137. The third kappa shape index (κ3) is 5.17. The zero-order valence-corrected chi connectivity index (χ0v) is 14.4. The summed E-state index contributed by atoms with van der Waals surface area (Å²) in [4.78, 5) is 11.9. The quantitative estimate of drug-likeness (QED) is 0.746. The molecule has 9 heteroatoms. The van der Waals surface area contributed by atoms with Gasteiger partial charge in [-0.3, -0.25) is 4.79 Å². The number of halogens is 5. The van der Waals surface area contributed by atoms with Gasteiger partial charge < -0.3 is 15.4 Å². The van der Waals surface area contributed by atoms with Gasteiger partial charge in [0.1, 0.15) is 5.75 Å². The Balaban J connectivity index is 2.05. The minimum atomic E-state index is -4.63. The molecule has 0 fully saturated rings. The van der Waals surface area contributed by atoms with Crippen molar-refractivity contribution in [3.05, 3.63) is 52.0 Å². The molecule has 2 N–H and O–H groups in total. The van der Waals surface area contributed by atoms with Gasteiger partial charge in [-0.05, 0) is 36.4 Å². The lowest BCUT2D eigenvalue weighted by atomic mass is 10.1. The summed E-state index contributed by atoms with van der Waals surface area (Å²) in [5.74, 6) is -0.188. The second-order valence-electron chi connectivity index (χ2n) is 4.94. The normalized spacial score (nSPS) is 11.1. The molecule has 134 valence electrons. The van der Waals surface area contributed by atoms with E-state index >= 15 is 0 Å². The van der Waals surface area contributed by atoms with Gasteiger partial charge in [-0.2, -0.15) is 13.2 Å². The van der Waals surface area contributed by atoms with Gasteiger partial charge in [0.25, 0.3) is 0 Å². The first-order chi connectivity index (χ1) is 11.7. The van der Waals surface area contributed by atoms with E-state index in [9.17, 15) is 18.0 Å². The van der Waals surface area contributed by atoms with E-state index < -0.39 is 17.6 Å². The van der Waals surface area contributed by atoms with Gasteiger partial charge in [0.15, 0.2) is 0 Å². The standard InChI is InChI=1S/C16H13Cl2F3N2O2/c1-25-14-5-3-10(7-12(14)18)22-8-15(24)23-13-4-2-9(17)6-11(13)16(19,20)21/h2-7,22H,8H2,1H3,(H,23,24). The summed E-state index contributed by atoms with van der Waals surface area (Å²) < 4.78 is 44.0. The summed E-state index contributed by atoms with van der Waals surface area (Å²) in [6.07, 6.45) is -4.63. The number of amides is 1. The van der Waals surface area contributed by atoms with E-state index in [1.54, 1.807) is 12.1 Å². The van der Waals surface area contributed by atoms with Crippen LogP contribution in [0.1, 0.15) is 5.56 Å². The molecule has 0 aromatic heterocycles. The first-order valence-corrected chi connectivity index (χ1v) is 7.70. The summed E-state index contributed by atoms with van der Waals surface area (Å²) in [5, 5.41) is 5.25. The number of anilines is 2. The highest BCUT2D eigenvalue weighted by Crippen LogP contribution is 2.36. The second kappa shape index (κ2) is 7.84. The van der Waals surface area contributed by atoms with Crippen LogP contribution in [0.25, 0.3) is 0 Å². The van der Waals surface area contributed by atoms with Crippen LogP contribution in [-0.2, 0) is 11.0 Å². The molecule has 2 rings (SSSR count). The Hall–Kier alpha value is -2.12. The summed E-state index contributed by atoms with van der Waals surface area (Å²) in [6.45, 7) is -0.247. The Bertz CT molecular complexity index is 782. The van der Waals surface area contributed by atoms with Crippen LogP contribution >= 0.6 is 23.2 Å². The largest absolute Gasteiger partial charge is 0.495 e. The van der Waals surface area contributed by atoms with E-state index in [0.29, 0.717) is 16.5 Å². The average molecular weight is 393 g/mol. The molecule has 0 unspecified atom stereocenters. The molecule has 25 heavy (non-hydrogen) atoms. The maximum atomic E-state index is 13.0. The van der Waals surface area contributed by atoms with Crippen molar-refractivity contribution in [1.82, 2.24) is 0 Å². The SMILES string of the molecule is COc1ccc(NCC(=O)Nc2ccc(Cl)cc2C(F)(F)F)cc1Cl. The predicted molar refractivity (Wildman–Crippen MR) is 91.6 cm³/mol. The second-order valence-corrected chi connectivity index (χ2v) is 5.78. The van der Waals surface area contributed by atoms with Crippen LogP contribution in [0.2, 0.25) is 10.0 Å². The van der Waals surface area contributed by atoms with Crippen molar-refractivity contribution >= 4 is 40.5 Å². The highest BCUT2D eigenvalue weighted by atomic mass is 35.5. The number of methoxy groups -OCH3 is 1. The van der Waals surface area contributed by atoms with Crippen LogP contribution in [0.4, 0.5) is 24.5 Å². The van der Waals surface area contributed by atoms with Gasteiger partial charge in [0, 0.05) is 10.7 Å². The zero-order chi connectivity index (χ0) is 18.6. The lowest BCUT2D eigenvalue weighted by Gasteiger charge is -2.15. The molecule has 0 heterocycles. The van der Waals surface area contributed by atoms with Crippen molar-refractivity contribution in [2.45, 2.75) is 6.18 Å². The molecule has 0 spiro atoms.